The Labute approximate surface area is 622 Å². The monoisotopic (exact) mass is 1370 g/mol. The van der Waals surface area contributed by atoms with E-state index in [1.165, 1.54) is 142 Å². The molecule has 0 aliphatic carbocycles. The Bertz CT molecular complexity index is 6930. The lowest BCUT2D eigenvalue weighted by molar-refractivity contribution is 1.29. The van der Waals surface area contributed by atoms with Gasteiger partial charge in [0.2, 0.25) is 0 Å². The second kappa shape index (κ2) is 25.0. The van der Waals surface area contributed by atoms with Gasteiger partial charge >= 0.3 is 0 Å². The summed E-state index contributed by atoms with van der Waals surface area (Å²) in [4.78, 5) is 11.9. The second-order valence-corrected chi connectivity index (χ2v) is 28.2. The first-order chi connectivity index (χ1) is 53.4. The Morgan fingerprint density at radius 1 is 0.185 bits per heavy atom. The van der Waals surface area contributed by atoms with E-state index in [4.69, 9.17) is 13.1 Å². The number of para-hydroxylation sites is 4. The molecule has 0 radical (unpaired) electrons. The van der Waals surface area contributed by atoms with Crippen molar-refractivity contribution in [3.05, 3.63) is 399 Å². The fourth-order valence-corrected chi connectivity index (χ4v) is 16.9. The molecule has 0 atom stereocenters. The molecule has 22 rings (SSSR count). The minimum absolute atomic E-state index is 0.643. The van der Waals surface area contributed by atoms with Crippen LogP contribution in [0.1, 0.15) is 0 Å². The van der Waals surface area contributed by atoms with Gasteiger partial charge in [-0.05, 0) is 245 Å². The molecule has 0 N–H and O–H groups in total. The predicted octanol–water partition coefficient (Wildman–Crippen LogP) is 29.0. The van der Waals surface area contributed by atoms with Gasteiger partial charge in [0.25, 0.3) is 0 Å². The quantitative estimate of drug-likeness (QED) is 0.127. The van der Waals surface area contributed by atoms with E-state index in [-0.39, 0.29) is 0 Å². The molecule has 0 spiro atoms. The molecule has 500 valence electrons. The summed E-state index contributed by atoms with van der Waals surface area (Å²) in [7, 11) is 0. The van der Waals surface area contributed by atoms with Crippen molar-refractivity contribution >= 4 is 165 Å². The molecule has 18 aromatic carbocycles. The molecule has 0 saturated carbocycles. The molecule has 0 bridgehead atoms. The van der Waals surface area contributed by atoms with E-state index in [9.17, 15) is 0 Å². The van der Waals surface area contributed by atoms with Crippen molar-refractivity contribution in [3.63, 3.8) is 0 Å². The van der Waals surface area contributed by atoms with Crippen LogP contribution in [0, 0.1) is 13.1 Å². The molecule has 0 unspecified atom stereocenters. The highest BCUT2D eigenvalue weighted by Crippen LogP contribution is 2.49. The lowest BCUT2D eigenvalue weighted by Crippen LogP contribution is -2.09. The van der Waals surface area contributed by atoms with Gasteiger partial charge < -0.3 is 18.6 Å². The van der Waals surface area contributed by atoms with Crippen molar-refractivity contribution in [3.8, 4) is 44.5 Å². The molecule has 6 heteroatoms. The lowest BCUT2D eigenvalue weighted by atomic mass is 9.96. The first kappa shape index (κ1) is 61.8. The normalized spacial score (nSPS) is 11.7. The third-order valence-electron chi connectivity index (χ3n) is 22.0. The third-order valence-corrected chi connectivity index (χ3v) is 22.0. The van der Waals surface area contributed by atoms with Gasteiger partial charge in [-0.15, -0.1) is 0 Å². The summed E-state index contributed by atoms with van der Waals surface area (Å²) >= 11 is 0. The van der Waals surface area contributed by atoms with Crippen LogP contribution >= 0.6 is 0 Å². The zero-order valence-corrected chi connectivity index (χ0v) is 58.5. The van der Waals surface area contributed by atoms with Crippen LogP contribution in [-0.2, 0) is 0 Å². The topological polar surface area (TPSA) is 24.0 Å². The maximum absolute atomic E-state index is 7.55. The molecular weight excluding hydrogens is 1310 g/mol. The number of hydrogen-bond donors (Lipinski definition) is 0. The summed E-state index contributed by atoms with van der Waals surface area (Å²) < 4.78 is 4.99. The van der Waals surface area contributed by atoms with Gasteiger partial charge in [0.05, 0.1) is 46.2 Å². The van der Waals surface area contributed by atoms with Crippen LogP contribution < -0.4 is 9.80 Å². The highest BCUT2D eigenvalue weighted by atomic mass is 15.1. The number of nitrogens with zero attached hydrogens (tertiary/aromatic N) is 6. The van der Waals surface area contributed by atoms with Gasteiger partial charge in [0, 0.05) is 77.2 Å². The Hall–Kier alpha value is -14.8. The number of aromatic nitrogens is 2. The zero-order chi connectivity index (χ0) is 71.5. The first-order valence-corrected chi connectivity index (χ1v) is 36.6. The Morgan fingerprint density at radius 2 is 0.444 bits per heavy atom. The average Bonchev–Trinajstić information content (AvgIpc) is 1.54. The molecule has 4 heterocycles. The molecule has 0 amide bonds. The Kier molecular flexibility index (Phi) is 14.3. The molecule has 0 aliphatic heterocycles. The third kappa shape index (κ3) is 10.2. The minimum Gasteiger partial charge on any atom is -0.310 e. The van der Waals surface area contributed by atoms with E-state index in [1.807, 2.05) is 24.3 Å². The largest absolute Gasteiger partial charge is 0.310 e. The molecule has 108 heavy (non-hydrogen) atoms. The maximum atomic E-state index is 7.55. The summed E-state index contributed by atoms with van der Waals surface area (Å²) in [5.41, 5.74) is 24.6. The van der Waals surface area contributed by atoms with Gasteiger partial charge in [-0.3, -0.25) is 0 Å². The summed E-state index contributed by atoms with van der Waals surface area (Å²) in [6.45, 7) is 15.0. The van der Waals surface area contributed by atoms with Gasteiger partial charge in [0.1, 0.15) is 0 Å². The van der Waals surface area contributed by atoms with Crippen molar-refractivity contribution in [1.82, 2.24) is 8.80 Å². The van der Waals surface area contributed by atoms with E-state index < -0.39 is 0 Å². The van der Waals surface area contributed by atoms with Gasteiger partial charge in [-0.1, -0.05) is 218 Å². The molecule has 4 aromatic heterocycles. The Morgan fingerprint density at radius 3 is 0.741 bits per heavy atom. The van der Waals surface area contributed by atoms with Crippen LogP contribution in [0.25, 0.3) is 173 Å². The summed E-state index contributed by atoms with van der Waals surface area (Å²) in [6, 6.07) is 135. The van der Waals surface area contributed by atoms with Crippen LogP contribution in [-0.4, -0.2) is 8.80 Å². The molecule has 0 fully saturated rings. The van der Waals surface area contributed by atoms with Crippen LogP contribution in [0.2, 0.25) is 0 Å². The van der Waals surface area contributed by atoms with Crippen LogP contribution in [0.5, 0.6) is 0 Å². The average molecular weight is 1370 g/mol. The van der Waals surface area contributed by atoms with E-state index in [0.717, 1.165) is 56.4 Å². The molecule has 22 aromatic rings. The van der Waals surface area contributed by atoms with Crippen molar-refractivity contribution < 1.29 is 0 Å². The maximum Gasteiger partial charge on any atom is 0.187 e. The number of anilines is 6. The van der Waals surface area contributed by atoms with Gasteiger partial charge in [-0.2, -0.15) is 0 Å². The van der Waals surface area contributed by atoms with Crippen molar-refractivity contribution in [1.29, 1.82) is 0 Å². The standard InChI is InChI=1S/C57H36N4.C45H26N2/c1-58-44-26-22-38(23-27-44)43-34-53-51-32-39-24-28-49(59(45-14-6-2-7-15-45)46-16-8-3-9-17-46)30-41(39)36-55(51)61-56-37-42-31-50(29-25-40(42)33-52(56)54(35-43)57(53)61)60(47-18-10-4-11-19-47)48-20-12-5-13-21-48;1-46-38-18-16-30(17-19-38)37-24-41-39-22-33-14-12-31(28-8-4-2-5-9-28)20-35(33)26-43(39)47-44-27-36-21-32(29-10-6-3-7-11-29)13-15-34(36)23-40(44)42(25-37)45(41)47/h2-37H;2-27H. The fourth-order valence-electron chi connectivity index (χ4n) is 16.9. The summed E-state index contributed by atoms with van der Waals surface area (Å²) in [5, 5.41) is 19.6. The number of hydrogen-bond acceptors (Lipinski definition) is 2. The van der Waals surface area contributed by atoms with E-state index in [2.05, 4.69) is 380 Å². The lowest BCUT2D eigenvalue weighted by Gasteiger charge is -2.25. The highest BCUT2D eigenvalue weighted by molar-refractivity contribution is 6.29. The van der Waals surface area contributed by atoms with Crippen LogP contribution in [0.4, 0.5) is 45.5 Å². The van der Waals surface area contributed by atoms with Crippen LogP contribution in [0.3, 0.4) is 0 Å². The molecular formula is C102H62N6. The molecule has 6 nitrogen and oxygen atoms in total. The second-order valence-electron chi connectivity index (χ2n) is 28.2. The SMILES string of the molecule is [C-]#[N+]c1ccc(-c2cc3c4cc5ccc(-c6ccccc6)cc5cc4n4c5cc6cc(-c7ccccc7)ccc6cc5c(c2)c34)cc1.[C-]#[N+]c1ccc(-c2cc3c4cc5ccc(N(c6ccccc6)c6ccccc6)cc5cc4n4c5cc6cc(N(c7ccccc7)c7ccccc7)ccc6cc5c(c2)c34)cc1. The van der Waals surface area contributed by atoms with Crippen LogP contribution in [0.15, 0.2) is 376 Å². The molecule has 0 saturated heterocycles. The molecule has 0 aliphatic rings. The minimum atomic E-state index is 0.643. The summed E-state index contributed by atoms with van der Waals surface area (Å²) in [6.07, 6.45) is 0. The van der Waals surface area contributed by atoms with Gasteiger partial charge in [-0.25, -0.2) is 9.69 Å². The van der Waals surface area contributed by atoms with E-state index >= 15 is 0 Å². The van der Waals surface area contributed by atoms with Crippen molar-refractivity contribution in [2.24, 2.45) is 0 Å². The predicted molar refractivity (Wildman–Crippen MR) is 456 cm³/mol. The fraction of sp³-hybridized carbons (Fsp3) is 0. The summed E-state index contributed by atoms with van der Waals surface area (Å²) in [5.74, 6) is 0. The van der Waals surface area contributed by atoms with E-state index in [0.29, 0.717) is 11.4 Å². The number of fused-ring (bicyclic) bond motifs is 16. The number of rotatable bonds is 10. The zero-order valence-electron chi connectivity index (χ0n) is 58.5. The van der Waals surface area contributed by atoms with Gasteiger partial charge in [0.15, 0.2) is 11.4 Å². The van der Waals surface area contributed by atoms with Crippen molar-refractivity contribution in [2.45, 2.75) is 0 Å². The van der Waals surface area contributed by atoms with Crippen molar-refractivity contribution in [2.75, 3.05) is 9.80 Å². The smallest absolute Gasteiger partial charge is 0.187 e. The first-order valence-electron chi connectivity index (χ1n) is 36.6. The van der Waals surface area contributed by atoms with E-state index in [1.54, 1.807) is 0 Å². The highest BCUT2D eigenvalue weighted by Gasteiger charge is 2.25. The number of benzene rings is 18. The Balaban J connectivity index is 0.000000143.